The average molecular weight is 276 g/mol. The number of carbonyl (C=O) groups excluding carboxylic acids is 1. The van der Waals surface area contributed by atoms with Crippen molar-refractivity contribution in [3.8, 4) is 11.5 Å². The van der Waals surface area contributed by atoms with Crippen LogP contribution in [0.2, 0.25) is 0 Å². The number of fused-ring (bicyclic) bond motifs is 1. The van der Waals surface area contributed by atoms with Gasteiger partial charge in [0.15, 0.2) is 16.6 Å². The third-order valence-electron chi connectivity index (χ3n) is 2.66. The standard InChI is InChI=1S/C13H12N2O3S/c16-12(15-13-14-4-7-19-13)9-2-3-10-11(8-9)18-6-1-5-17-10/h2-4,7-8H,1,5-6H2,(H,14,15,16). The quantitative estimate of drug-likeness (QED) is 0.915. The number of hydrogen-bond donors (Lipinski definition) is 1. The maximum Gasteiger partial charge on any atom is 0.257 e. The highest BCUT2D eigenvalue weighted by Gasteiger charge is 2.14. The van der Waals surface area contributed by atoms with Crippen LogP contribution in [-0.4, -0.2) is 24.1 Å². The fraction of sp³-hybridized carbons (Fsp3) is 0.231. The molecule has 2 heterocycles. The van der Waals surface area contributed by atoms with E-state index in [2.05, 4.69) is 10.3 Å². The summed E-state index contributed by atoms with van der Waals surface area (Å²) in [5.74, 6) is 1.10. The molecule has 0 aliphatic carbocycles. The Morgan fingerprint density at radius 3 is 2.89 bits per heavy atom. The normalized spacial score (nSPS) is 13.7. The molecule has 0 spiro atoms. The van der Waals surface area contributed by atoms with Crippen LogP contribution in [0.3, 0.4) is 0 Å². The van der Waals surface area contributed by atoms with E-state index in [1.807, 2.05) is 5.38 Å². The molecule has 0 saturated heterocycles. The highest BCUT2D eigenvalue weighted by Crippen LogP contribution is 2.30. The second-order valence-corrected chi connectivity index (χ2v) is 4.90. The summed E-state index contributed by atoms with van der Waals surface area (Å²) >= 11 is 1.38. The lowest BCUT2D eigenvalue weighted by molar-refractivity contribution is 0.102. The summed E-state index contributed by atoms with van der Waals surface area (Å²) in [6, 6.07) is 5.18. The maximum atomic E-state index is 12.0. The number of aromatic nitrogens is 1. The first-order valence-electron chi connectivity index (χ1n) is 5.93. The summed E-state index contributed by atoms with van der Waals surface area (Å²) in [5, 5.41) is 5.12. The summed E-state index contributed by atoms with van der Waals surface area (Å²) in [7, 11) is 0. The molecular weight excluding hydrogens is 264 g/mol. The molecule has 3 rings (SSSR count). The van der Waals surface area contributed by atoms with E-state index in [0.717, 1.165) is 6.42 Å². The number of benzene rings is 1. The van der Waals surface area contributed by atoms with Gasteiger partial charge in [-0.15, -0.1) is 11.3 Å². The molecule has 1 aliphatic rings. The first-order valence-corrected chi connectivity index (χ1v) is 6.81. The van der Waals surface area contributed by atoms with Crippen LogP contribution < -0.4 is 14.8 Å². The number of hydrogen-bond acceptors (Lipinski definition) is 5. The van der Waals surface area contributed by atoms with E-state index >= 15 is 0 Å². The van der Waals surface area contributed by atoms with Crippen molar-refractivity contribution in [3.05, 3.63) is 35.3 Å². The fourth-order valence-corrected chi connectivity index (χ4v) is 2.28. The molecule has 6 heteroatoms. The van der Waals surface area contributed by atoms with Crippen molar-refractivity contribution in [2.75, 3.05) is 18.5 Å². The van der Waals surface area contributed by atoms with Crippen LogP contribution in [0.25, 0.3) is 0 Å². The largest absolute Gasteiger partial charge is 0.490 e. The topological polar surface area (TPSA) is 60.5 Å². The molecule has 0 unspecified atom stereocenters. The van der Waals surface area contributed by atoms with E-state index in [-0.39, 0.29) is 5.91 Å². The molecule has 1 aromatic heterocycles. The van der Waals surface area contributed by atoms with Crippen molar-refractivity contribution in [1.82, 2.24) is 4.98 Å². The second kappa shape index (κ2) is 5.27. The monoisotopic (exact) mass is 276 g/mol. The molecule has 98 valence electrons. The lowest BCUT2D eigenvalue weighted by atomic mass is 10.2. The van der Waals surface area contributed by atoms with E-state index in [4.69, 9.17) is 9.47 Å². The summed E-state index contributed by atoms with van der Waals surface area (Å²) in [4.78, 5) is 16.1. The highest BCUT2D eigenvalue weighted by atomic mass is 32.1. The first-order chi connectivity index (χ1) is 9.33. The van der Waals surface area contributed by atoms with Crippen LogP contribution in [0.15, 0.2) is 29.8 Å². The summed E-state index contributed by atoms with van der Waals surface area (Å²) in [6.07, 6.45) is 2.49. The van der Waals surface area contributed by atoms with Gasteiger partial charge in [0.2, 0.25) is 0 Å². The molecule has 2 aromatic rings. The number of rotatable bonds is 2. The van der Waals surface area contributed by atoms with E-state index < -0.39 is 0 Å². The molecule has 5 nitrogen and oxygen atoms in total. The zero-order chi connectivity index (χ0) is 13.1. The molecular formula is C13H12N2O3S. The lowest BCUT2D eigenvalue weighted by Gasteiger charge is -2.08. The summed E-state index contributed by atoms with van der Waals surface area (Å²) < 4.78 is 11.1. The van der Waals surface area contributed by atoms with Crippen molar-refractivity contribution in [3.63, 3.8) is 0 Å². The third-order valence-corrected chi connectivity index (χ3v) is 3.35. The number of nitrogens with zero attached hydrogens (tertiary/aromatic N) is 1. The van der Waals surface area contributed by atoms with Gasteiger partial charge in [0.25, 0.3) is 5.91 Å². The smallest absolute Gasteiger partial charge is 0.257 e. The lowest BCUT2D eigenvalue weighted by Crippen LogP contribution is -2.11. The van der Waals surface area contributed by atoms with Crippen LogP contribution in [0.4, 0.5) is 5.13 Å². The van der Waals surface area contributed by atoms with E-state index in [1.165, 1.54) is 11.3 Å². The molecule has 1 aliphatic heterocycles. The number of carbonyl (C=O) groups is 1. The Kier molecular flexibility index (Phi) is 3.33. The van der Waals surface area contributed by atoms with Crippen molar-refractivity contribution in [2.24, 2.45) is 0 Å². The maximum absolute atomic E-state index is 12.0. The van der Waals surface area contributed by atoms with Gasteiger partial charge in [-0.2, -0.15) is 0 Å². The minimum atomic E-state index is -0.203. The fourth-order valence-electron chi connectivity index (χ4n) is 1.76. The van der Waals surface area contributed by atoms with Gasteiger partial charge in [0.05, 0.1) is 13.2 Å². The van der Waals surface area contributed by atoms with Crippen LogP contribution in [-0.2, 0) is 0 Å². The van der Waals surface area contributed by atoms with Crippen molar-refractivity contribution in [1.29, 1.82) is 0 Å². The molecule has 0 atom stereocenters. The predicted molar refractivity (Wildman–Crippen MR) is 72.1 cm³/mol. The van der Waals surface area contributed by atoms with Gasteiger partial charge in [-0.3, -0.25) is 10.1 Å². The number of nitrogens with one attached hydrogen (secondary N) is 1. The van der Waals surface area contributed by atoms with Gasteiger partial charge in [0, 0.05) is 23.6 Å². The number of amides is 1. The Hall–Kier alpha value is -2.08. The van der Waals surface area contributed by atoms with Crippen LogP contribution in [0.5, 0.6) is 11.5 Å². The van der Waals surface area contributed by atoms with Gasteiger partial charge in [0.1, 0.15) is 0 Å². The van der Waals surface area contributed by atoms with E-state index in [0.29, 0.717) is 35.4 Å². The molecule has 19 heavy (non-hydrogen) atoms. The highest BCUT2D eigenvalue weighted by molar-refractivity contribution is 7.13. The minimum absolute atomic E-state index is 0.203. The molecule has 1 N–H and O–H groups in total. The molecule has 1 amide bonds. The van der Waals surface area contributed by atoms with E-state index in [1.54, 1.807) is 24.4 Å². The molecule has 0 fully saturated rings. The van der Waals surface area contributed by atoms with Gasteiger partial charge in [-0.25, -0.2) is 4.98 Å². The summed E-state index contributed by atoms with van der Waals surface area (Å²) in [6.45, 7) is 1.24. The molecule has 0 radical (unpaired) electrons. The Bertz CT molecular complexity index is 584. The Balaban J connectivity index is 1.81. The number of ether oxygens (including phenoxy) is 2. The van der Waals surface area contributed by atoms with Crippen LogP contribution in [0, 0.1) is 0 Å². The van der Waals surface area contributed by atoms with Crippen LogP contribution in [0.1, 0.15) is 16.8 Å². The summed E-state index contributed by atoms with van der Waals surface area (Å²) in [5.41, 5.74) is 0.527. The minimum Gasteiger partial charge on any atom is -0.490 e. The zero-order valence-electron chi connectivity index (χ0n) is 10.1. The number of thiazole rings is 1. The number of anilines is 1. The molecule has 0 saturated carbocycles. The van der Waals surface area contributed by atoms with Crippen molar-refractivity contribution in [2.45, 2.75) is 6.42 Å². The van der Waals surface area contributed by atoms with E-state index in [9.17, 15) is 4.79 Å². The Labute approximate surface area is 114 Å². The molecule has 0 bridgehead atoms. The van der Waals surface area contributed by atoms with Gasteiger partial charge in [-0.1, -0.05) is 0 Å². The second-order valence-electron chi connectivity index (χ2n) is 4.00. The Morgan fingerprint density at radius 1 is 1.26 bits per heavy atom. The third kappa shape index (κ3) is 2.68. The first kappa shape index (κ1) is 12.0. The van der Waals surface area contributed by atoms with Crippen molar-refractivity contribution < 1.29 is 14.3 Å². The molecule has 1 aromatic carbocycles. The predicted octanol–water partition coefficient (Wildman–Crippen LogP) is 2.56. The van der Waals surface area contributed by atoms with Crippen LogP contribution >= 0.6 is 11.3 Å². The van der Waals surface area contributed by atoms with Crippen molar-refractivity contribution >= 4 is 22.4 Å². The van der Waals surface area contributed by atoms with Gasteiger partial charge < -0.3 is 9.47 Å². The average Bonchev–Trinajstić information content (AvgIpc) is 2.81. The zero-order valence-corrected chi connectivity index (χ0v) is 10.9. The SMILES string of the molecule is O=C(Nc1nccs1)c1ccc2c(c1)OCCCO2. The van der Waals surface area contributed by atoms with Gasteiger partial charge in [-0.05, 0) is 18.2 Å². The Morgan fingerprint density at radius 2 is 2.11 bits per heavy atom. The van der Waals surface area contributed by atoms with Gasteiger partial charge >= 0.3 is 0 Å².